The number of hydrogen-bond donors (Lipinski definition) is 1. The molecule has 200 valence electrons. The maximum absolute atomic E-state index is 13.8. The second kappa shape index (κ2) is 12.3. The molecular weight excluding hydrogens is 496 g/mol. The van der Waals surface area contributed by atoms with Gasteiger partial charge in [-0.1, -0.05) is 35.5 Å². The Morgan fingerprint density at radius 2 is 1.90 bits per heavy atom. The number of pyridine rings is 1. The maximum atomic E-state index is 13.8. The number of amides is 2. The number of rotatable bonds is 9. The standard InChI is InChI=1S/C29H30N6O4/c1-38-25-13-11-22(12-14-25)28(36)31-27(21-7-3-2-4-8-21)29(37)34-16-6-10-26(19-34)39-20-23-18-35(33-32-23)24-9-5-15-30-17-24/h2-5,7-9,11-15,17-18,26-27H,6,10,16,19-20H2,1H3,(H,31,36). The van der Waals surface area contributed by atoms with Crippen LogP contribution in [0.2, 0.25) is 0 Å². The minimum atomic E-state index is -0.820. The lowest BCUT2D eigenvalue weighted by molar-refractivity contribution is -0.137. The maximum Gasteiger partial charge on any atom is 0.252 e. The molecule has 2 unspecified atom stereocenters. The zero-order valence-electron chi connectivity index (χ0n) is 21.6. The first kappa shape index (κ1) is 26.1. The number of likely N-dealkylation sites (tertiary alicyclic amines) is 1. The fourth-order valence-electron chi connectivity index (χ4n) is 4.53. The van der Waals surface area contributed by atoms with E-state index >= 15 is 0 Å². The number of piperidine rings is 1. The first-order valence-electron chi connectivity index (χ1n) is 12.8. The molecule has 10 heteroatoms. The van der Waals surface area contributed by atoms with E-state index < -0.39 is 6.04 Å². The molecule has 39 heavy (non-hydrogen) atoms. The summed E-state index contributed by atoms with van der Waals surface area (Å²) in [5.41, 5.74) is 2.67. The van der Waals surface area contributed by atoms with Gasteiger partial charge in [-0.25, -0.2) is 4.68 Å². The zero-order valence-corrected chi connectivity index (χ0v) is 21.6. The highest BCUT2D eigenvalue weighted by Gasteiger charge is 2.31. The van der Waals surface area contributed by atoms with Gasteiger partial charge < -0.3 is 19.7 Å². The smallest absolute Gasteiger partial charge is 0.252 e. The Morgan fingerprint density at radius 1 is 1.08 bits per heavy atom. The molecule has 1 saturated heterocycles. The molecule has 0 saturated carbocycles. The molecule has 2 amide bonds. The number of aromatic nitrogens is 4. The SMILES string of the molecule is COc1ccc(C(=O)NC(C(=O)N2CCCC(OCc3cn(-c4cccnc4)nn3)C2)c2ccccc2)cc1. The van der Waals surface area contributed by atoms with Crippen LogP contribution in [-0.2, 0) is 16.1 Å². The minimum Gasteiger partial charge on any atom is -0.497 e. The van der Waals surface area contributed by atoms with Crippen molar-refractivity contribution in [1.82, 2.24) is 30.2 Å². The zero-order chi connectivity index (χ0) is 27.0. The van der Waals surface area contributed by atoms with Gasteiger partial charge in [-0.15, -0.1) is 5.10 Å². The van der Waals surface area contributed by atoms with Crippen LogP contribution in [0.1, 0.15) is 40.5 Å². The number of ether oxygens (including phenoxy) is 2. The van der Waals surface area contributed by atoms with E-state index in [1.807, 2.05) is 48.7 Å². The van der Waals surface area contributed by atoms with Crippen molar-refractivity contribution in [1.29, 1.82) is 0 Å². The molecule has 0 spiro atoms. The van der Waals surface area contributed by atoms with Gasteiger partial charge in [0.2, 0.25) is 5.91 Å². The lowest BCUT2D eigenvalue weighted by Gasteiger charge is -2.35. The topological polar surface area (TPSA) is 111 Å². The fraction of sp³-hybridized carbons (Fsp3) is 0.276. The third kappa shape index (κ3) is 6.47. The van der Waals surface area contributed by atoms with Gasteiger partial charge in [-0.3, -0.25) is 14.6 Å². The van der Waals surface area contributed by atoms with Crippen LogP contribution in [0.4, 0.5) is 0 Å². The van der Waals surface area contributed by atoms with Gasteiger partial charge in [0.25, 0.3) is 5.91 Å². The summed E-state index contributed by atoms with van der Waals surface area (Å²) < 4.78 is 13.0. The van der Waals surface area contributed by atoms with Crippen LogP contribution in [0.3, 0.4) is 0 Å². The number of methoxy groups -OCH3 is 1. The van der Waals surface area contributed by atoms with Crippen LogP contribution < -0.4 is 10.1 Å². The molecule has 2 atom stereocenters. The average molecular weight is 527 g/mol. The summed E-state index contributed by atoms with van der Waals surface area (Å²) in [6, 6.07) is 19.0. The van der Waals surface area contributed by atoms with E-state index in [0.717, 1.165) is 24.1 Å². The molecule has 2 aromatic carbocycles. The summed E-state index contributed by atoms with van der Waals surface area (Å²) in [6.45, 7) is 1.30. The van der Waals surface area contributed by atoms with Crippen molar-refractivity contribution in [2.75, 3.05) is 20.2 Å². The van der Waals surface area contributed by atoms with E-state index in [2.05, 4.69) is 20.6 Å². The lowest BCUT2D eigenvalue weighted by Crippen LogP contribution is -2.48. The van der Waals surface area contributed by atoms with Crippen molar-refractivity contribution in [2.24, 2.45) is 0 Å². The van der Waals surface area contributed by atoms with Crippen LogP contribution in [-0.4, -0.2) is 63.0 Å². The van der Waals surface area contributed by atoms with Crippen molar-refractivity contribution < 1.29 is 19.1 Å². The number of nitrogens with one attached hydrogen (secondary N) is 1. The molecule has 5 rings (SSSR count). The minimum absolute atomic E-state index is 0.153. The molecule has 1 aliphatic rings. The van der Waals surface area contributed by atoms with Gasteiger partial charge in [-0.05, 0) is 54.8 Å². The van der Waals surface area contributed by atoms with Gasteiger partial charge in [0.1, 0.15) is 17.5 Å². The Labute approximate surface area is 226 Å². The van der Waals surface area contributed by atoms with E-state index in [-0.39, 0.29) is 24.5 Å². The van der Waals surface area contributed by atoms with Crippen molar-refractivity contribution in [3.8, 4) is 11.4 Å². The van der Waals surface area contributed by atoms with Crippen molar-refractivity contribution >= 4 is 11.8 Å². The van der Waals surface area contributed by atoms with Gasteiger partial charge in [0, 0.05) is 24.8 Å². The van der Waals surface area contributed by atoms with Crippen LogP contribution >= 0.6 is 0 Å². The third-order valence-corrected chi connectivity index (χ3v) is 6.62. The van der Waals surface area contributed by atoms with Crippen LogP contribution in [0, 0.1) is 0 Å². The van der Waals surface area contributed by atoms with E-state index in [4.69, 9.17) is 9.47 Å². The Kier molecular flexibility index (Phi) is 8.23. The lowest BCUT2D eigenvalue weighted by atomic mass is 10.0. The second-order valence-corrected chi connectivity index (χ2v) is 9.27. The van der Waals surface area contributed by atoms with Crippen LogP contribution in [0.15, 0.2) is 85.3 Å². The molecule has 3 heterocycles. The molecule has 0 bridgehead atoms. The fourth-order valence-corrected chi connectivity index (χ4v) is 4.53. The molecule has 0 radical (unpaired) electrons. The second-order valence-electron chi connectivity index (χ2n) is 9.27. The number of benzene rings is 2. The van der Waals surface area contributed by atoms with E-state index in [1.54, 1.807) is 53.4 Å². The Bertz CT molecular complexity index is 1380. The highest BCUT2D eigenvalue weighted by molar-refractivity contribution is 5.98. The van der Waals surface area contributed by atoms with Gasteiger partial charge in [0.15, 0.2) is 0 Å². The highest BCUT2D eigenvalue weighted by atomic mass is 16.5. The molecule has 1 N–H and O–H groups in total. The summed E-state index contributed by atoms with van der Waals surface area (Å²) in [6.07, 6.45) is 6.69. The van der Waals surface area contributed by atoms with Gasteiger partial charge >= 0.3 is 0 Å². The summed E-state index contributed by atoms with van der Waals surface area (Å²) in [7, 11) is 1.57. The number of hydrogen-bond acceptors (Lipinski definition) is 7. The monoisotopic (exact) mass is 526 g/mol. The number of carbonyl (C=O) groups excluding carboxylic acids is 2. The van der Waals surface area contributed by atoms with Crippen LogP contribution in [0.25, 0.3) is 5.69 Å². The first-order valence-corrected chi connectivity index (χ1v) is 12.8. The third-order valence-electron chi connectivity index (χ3n) is 6.62. The van der Waals surface area contributed by atoms with Gasteiger partial charge in [0.05, 0.1) is 37.9 Å². The average Bonchev–Trinajstić information content (AvgIpc) is 3.49. The van der Waals surface area contributed by atoms with Crippen molar-refractivity contribution in [3.05, 3.63) is 102 Å². The van der Waals surface area contributed by atoms with Crippen molar-refractivity contribution in [2.45, 2.75) is 31.6 Å². The molecule has 1 fully saturated rings. The molecule has 10 nitrogen and oxygen atoms in total. The van der Waals surface area contributed by atoms with E-state index in [1.165, 1.54) is 0 Å². The summed E-state index contributed by atoms with van der Waals surface area (Å²) in [5, 5.41) is 11.3. The molecule has 4 aromatic rings. The van der Waals surface area contributed by atoms with Crippen LogP contribution in [0.5, 0.6) is 5.75 Å². The normalized spacial score (nSPS) is 15.9. The number of nitrogens with zero attached hydrogens (tertiary/aromatic N) is 5. The Morgan fingerprint density at radius 3 is 2.64 bits per heavy atom. The highest BCUT2D eigenvalue weighted by Crippen LogP contribution is 2.22. The Hall–Kier alpha value is -4.57. The summed E-state index contributed by atoms with van der Waals surface area (Å²) in [4.78, 5) is 32.7. The summed E-state index contributed by atoms with van der Waals surface area (Å²) >= 11 is 0. The Balaban J connectivity index is 1.24. The molecule has 1 aliphatic heterocycles. The molecule has 2 aromatic heterocycles. The predicted molar refractivity (Wildman–Crippen MR) is 143 cm³/mol. The van der Waals surface area contributed by atoms with Crippen molar-refractivity contribution in [3.63, 3.8) is 0 Å². The van der Waals surface area contributed by atoms with Gasteiger partial charge in [-0.2, -0.15) is 0 Å². The molecule has 0 aliphatic carbocycles. The largest absolute Gasteiger partial charge is 0.497 e. The quantitative estimate of drug-likeness (QED) is 0.356. The van der Waals surface area contributed by atoms with E-state index in [9.17, 15) is 9.59 Å². The van der Waals surface area contributed by atoms with E-state index in [0.29, 0.717) is 30.1 Å². The predicted octanol–water partition coefficient (Wildman–Crippen LogP) is 3.35. The summed E-state index contributed by atoms with van der Waals surface area (Å²) in [5.74, 6) is 0.154. The molecular formula is C29H30N6O4. The number of carbonyl (C=O) groups is 2. The first-order chi connectivity index (χ1) is 19.1.